The van der Waals surface area contributed by atoms with Crippen LogP contribution in [-0.2, 0) is 19.0 Å². The summed E-state index contributed by atoms with van der Waals surface area (Å²) in [5.41, 5.74) is 3.88. The van der Waals surface area contributed by atoms with Gasteiger partial charge in [0.15, 0.2) is 12.2 Å². The summed E-state index contributed by atoms with van der Waals surface area (Å²) in [4.78, 5) is 44.2. The first-order valence-electron chi connectivity index (χ1n) is 11.3. The van der Waals surface area contributed by atoms with Crippen LogP contribution in [0, 0.1) is 5.92 Å². The predicted octanol–water partition coefficient (Wildman–Crippen LogP) is 3.20. The summed E-state index contributed by atoms with van der Waals surface area (Å²) in [5.74, 6) is -2.17. The average Bonchev–Trinajstić information content (AvgIpc) is 3.48. The van der Waals surface area contributed by atoms with E-state index in [9.17, 15) is 14.4 Å². The number of carbonyl (C=O) groups excluding carboxylic acids is 3. The Hall–Kier alpha value is -4.01. The zero-order valence-electron chi connectivity index (χ0n) is 18.6. The Bertz CT molecular complexity index is 1120. The van der Waals surface area contributed by atoms with Crippen LogP contribution in [0.4, 0.5) is 0 Å². The molecule has 2 fully saturated rings. The number of ether oxygens (including phenoxy) is 3. The molecule has 8 heteroatoms. The maximum atomic E-state index is 13.0. The van der Waals surface area contributed by atoms with E-state index in [1.807, 2.05) is 0 Å². The molecule has 3 aromatic carbocycles. The molecule has 5 rings (SSSR count). The number of hydrogen-bond donors (Lipinski definition) is 1. The molecule has 2 aliphatic rings. The molecule has 178 valence electrons. The lowest BCUT2D eigenvalue weighted by Gasteiger charge is -2.27. The number of carbonyl (C=O) groups is 3. The molecule has 0 spiro atoms. The van der Waals surface area contributed by atoms with Crippen LogP contribution in [0.3, 0.4) is 0 Å². The van der Waals surface area contributed by atoms with Gasteiger partial charge in [-0.3, -0.25) is 0 Å². The van der Waals surface area contributed by atoms with E-state index >= 15 is 0 Å². The molecule has 3 aromatic rings. The van der Waals surface area contributed by atoms with Crippen LogP contribution in [0.25, 0.3) is 0 Å². The minimum absolute atomic E-state index is 0.191. The van der Waals surface area contributed by atoms with E-state index in [1.54, 1.807) is 91.0 Å². The van der Waals surface area contributed by atoms with Crippen molar-refractivity contribution in [1.82, 2.24) is 5.48 Å². The van der Waals surface area contributed by atoms with Gasteiger partial charge < -0.3 is 19.0 Å². The highest BCUT2D eigenvalue weighted by molar-refractivity contribution is 5.91. The zero-order valence-corrected chi connectivity index (χ0v) is 18.6. The number of benzene rings is 3. The van der Waals surface area contributed by atoms with Gasteiger partial charge in [-0.2, -0.15) is 5.48 Å². The fourth-order valence-electron chi connectivity index (χ4n) is 4.40. The highest BCUT2D eigenvalue weighted by atomic mass is 16.7. The lowest BCUT2D eigenvalue weighted by molar-refractivity contribution is -0.0822. The third-order valence-corrected chi connectivity index (χ3v) is 6.14. The Morgan fingerprint density at radius 2 is 1.00 bits per heavy atom. The monoisotopic (exact) mass is 473 g/mol. The lowest BCUT2D eigenvalue weighted by atomic mass is 10.0. The second-order valence-electron chi connectivity index (χ2n) is 8.33. The van der Waals surface area contributed by atoms with Gasteiger partial charge in [0.05, 0.1) is 29.3 Å². The number of hydroxylamine groups is 1. The average molecular weight is 473 g/mol. The van der Waals surface area contributed by atoms with Crippen molar-refractivity contribution in [2.24, 2.45) is 5.92 Å². The molecule has 1 aliphatic heterocycles. The minimum atomic E-state index is -1.05. The molecule has 1 saturated heterocycles. The van der Waals surface area contributed by atoms with Gasteiger partial charge in [0, 0.05) is 5.92 Å². The first-order valence-corrected chi connectivity index (χ1v) is 11.3. The molecule has 1 N–H and O–H groups in total. The third-order valence-electron chi connectivity index (χ3n) is 6.14. The van der Waals surface area contributed by atoms with E-state index in [4.69, 9.17) is 19.0 Å². The Morgan fingerprint density at radius 1 is 0.600 bits per heavy atom. The van der Waals surface area contributed by atoms with Crippen LogP contribution < -0.4 is 5.48 Å². The Balaban J connectivity index is 1.44. The summed E-state index contributed by atoms with van der Waals surface area (Å²) in [7, 11) is 0. The molecule has 35 heavy (non-hydrogen) atoms. The highest BCUT2D eigenvalue weighted by Crippen LogP contribution is 2.38. The molecule has 0 unspecified atom stereocenters. The molecular formula is C27H23NO7. The Morgan fingerprint density at radius 3 is 1.46 bits per heavy atom. The van der Waals surface area contributed by atoms with Crippen molar-refractivity contribution < 1.29 is 33.4 Å². The van der Waals surface area contributed by atoms with Crippen LogP contribution in [0.5, 0.6) is 0 Å². The predicted molar refractivity (Wildman–Crippen MR) is 123 cm³/mol. The Kier molecular flexibility index (Phi) is 6.56. The van der Waals surface area contributed by atoms with Crippen molar-refractivity contribution in [1.29, 1.82) is 0 Å². The van der Waals surface area contributed by atoms with Gasteiger partial charge in [0.25, 0.3) is 0 Å². The summed E-state index contributed by atoms with van der Waals surface area (Å²) in [6.07, 6.45) is -2.89. The molecule has 5 atom stereocenters. The summed E-state index contributed by atoms with van der Waals surface area (Å²) in [6, 6.07) is 24.9. The number of rotatable bonds is 6. The fourth-order valence-corrected chi connectivity index (χ4v) is 4.40. The standard InChI is InChI=1S/C27H23NO7/c29-25(17-10-4-1-5-11-17)33-22-20-16-32-28-21(20)23(34-26(30)18-12-6-2-7-13-18)24(22)35-27(31)19-14-8-3-9-15-19/h1-15,20-24,28H,16H2/t20-,21+,22+,23-,24-/m0/s1. The van der Waals surface area contributed by atoms with Gasteiger partial charge in [-0.15, -0.1) is 0 Å². The maximum Gasteiger partial charge on any atom is 0.338 e. The summed E-state index contributed by atoms with van der Waals surface area (Å²) < 4.78 is 17.5. The molecule has 1 heterocycles. The largest absolute Gasteiger partial charge is 0.454 e. The van der Waals surface area contributed by atoms with Crippen molar-refractivity contribution in [2.45, 2.75) is 24.4 Å². The first kappa shape index (κ1) is 22.8. The zero-order chi connectivity index (χ0) is 24.2. The van der Waals surface area contributed by atoms with E-state index < -0.39 is 48.2 Å². The van der Waals surface area contributed by atoms with Crippen LogP contribution in [-0.4, -0.2) is 48.9 Å². The topological polar surface area (TPSA) is 100 Å². The molecule has 1 aliphatic carbocycles. The summed E-state index contributed by atoms with van der Waals surface area (Å²) >= 11 is 0. The quantitative estimate of drug-likeness (QED) is 0.430. The van der Waals surface area contributed by atoms with E-state index in [0.29, 0.717) is 16.7 Å². The molecule has 8 nitrogen and oxygen atoms in total. The maximum absolute atomic E-state index is 13.0. The highest BCUT2D eigenvalue weighted by Gasteiger charge is 2.59. The third kappa shape index (κ3) is 4.80. The van der Waals surface area contributed by atoms with Crippen LogP contribution in [0.1, 0.15) is 31.1 Å². The van der Waals surface area contributed by atoms with Gasteiger partial charge in [-0.1, -0.05) is 54.6 Å². The number of esters is 3. The van der Waals surface area contributed by atoms with Crippen LogP contribution in [0.15, 0.2) is 91.0 Å². The lowest BCUT2D eigenvalue weighted by Crippen LogP contribution is -2.45. The normalized spacial score (nSPS) is 24.9. The second-order valence-corrected chi connectivity index (χ2v) is 8.33. The molecule has 0 bridgehead atoms. The SMILES string of the molecule is O=C(O[C@H]1[C@H](OC(=O)c2ccccc2)[C@H]2CON[C@H]2[C@@H]1OC(=O)c1ccccc1)c1ccccc1. The number of fused-ring (bicyclic) bond motifs is 1. The summed E-state index contributed by atoms with van der Waals surface area (Å²) in [5, 5.41) is 0. The van der Waals surface area contributed by atoms with Crippen molar-refractivity contribution in [3.63, 3.8) is 0 Å². The summed E-state index contributed by atoms with van der Waals surface area (Å²) in [6.45, 7) is 0.191. The van der Waals surface area contributed by atoms with Gasteiger partial charge in [0.1, 0.15) is 6.10 Å². The van der Waals surface area contributed by atoms with Gasteiger partial charge in [-0.05, 0) is 36.4 Å². The molecule has 0 amide bonds. The first-order chi connectivity index (χ1) is 17.1. The van der Waals surface area contributed by atoms with E-state index in [0.717, 1.165) is 0 Å². The van der Waals surface area contributed by atoms with E-state index in [2.05, 4.69) is 5.48 Å². The minimum Gasteiger partial charge on any atom is -0.454 e. The van der Waals surface area contributed by atoms with Gasteiger partial charge in [-0.25, -0.2) is 14.4 Å². The fraction of sp³-hybridized carbons (Fsp3) is 0.222. The van der Waals surface area contributed by atoms with Crippen molar-refractivity contribution in [3.8, 4) is 0 Å². The Labute approximate surface area is 201 Å². The smallest absolute Gasteiger partial charge is 0.338 e. The van der Waals surface area contributed by atoms with Crippen LogP contribution >= 0.6 is 0 Å². The van der Waals surface area contributed by atoms with E-state index in [-0.39, 0.29) is 6.61 Å². The van der Waals surface area contributed by atoms with Crippen molar-refractivity contribution in [3.05, 3.63) is 108 Å². The number of nitrogens with one attached hydrogen (secondary N) is 1. The van der Waals surface area contributed by atoms with Crippen molar-refractivity contribution in [2.75, 3.05) is 6.61 Å². The number of hydrogen-bond acceptors (Lipinski definition) is 8. The molecule has 1 saturated carbocycles. The van der Waals surface area contributed by atoms with Crippen LogP contribution in [0.2, 0.25) is 0 Å². The molecular weight excluding hydrogens is 450 g/mol. The molecule has 0 aromatic heterocycles. The van der Waals surface area contributed by atoms with Gasteiger partial charge in [0.2, 0.25) is 0 Å². The van der Waals surface area contributed by atoms with Crippen molar-refractivity contribution >= 4 is 17.9 Å². The van der Waals surface area contributed by atoms with Gasteiger partial charge >= 0.3 is 17.9 Å². The second kappa shape index (κ2) is 10.1. The van der Waals surface area contributed by atoms with E-state index in [1.165, 1.54) is 0 Å². The molecule has 0 radical (unpaired) electrons.